The van der Waals surface area contributed by atoms with Crippen molar-refractivity contribution in [3.8, 4) is 0 Å². The highest BCUT2D eigenvalue weighted by atomic mass is 16.2. The van der Waals surface area contributed by atoms with Gasteiger partial charge in [-0.25, -0.2) is 4.98 Å². The van der Waals surface area contributed by atoms with Gasteiger partial charge < -0.3 is 15.5 Å². The van der Waals surface area contributed by atoms with E-state index in [4.69, 9.17) is 5.73 Å². The van der Waals surface area contributed by atoms with E-state index >= 15 is 0 Å². The molecule has 1 amide bonds. The third-order valence-electron chi connectivity index (χ3n) is 3.29. The van der Waals surface area contributed by atoms with E-state index in [1.807, 2.05) is 18.0 Å². The number of carbonyl (C=O) groups is 1. The number of nitrogens with zero attached hydrogens (tertiary/aromatic N) is 3. The molecule has 0 saturated carbocycles. The van der Waals surface area contributed by atoms with Crippen LogP contribution in [0.3, 0.4) is 0 Å². The molecule has 18 heavy (non-hydrogen) atoms. The van der Waals surface area contributed by atoms with Gasteiger partial charge in [-0.05, 0) is 25.0 Å². The normalized spacial score (nSPS) is 15.9. The highest BCUT2D eigenvalue weighted by Gasteiger charge is 2.21. The Morgan fingerprint density at radius 2 is 2.00 bits per heavy atom. The zero-order valence-electron chi connectivity index (χ0n) is 11.0. The van der Waals surface area contributed by atoms with Crippen LogP contribution < -0.4 is 10.6 Å². The van der Waals surface area contributed by atoms with Crippen LogP contribution in [0.2, 0.25) is 0 Å². The van der Waals surface area contributed by atoms with Gasteiger partial charge in [0.25, 0.3) is 0 Å². The molecule has 98 valence electrons. The number of anilines is 1. The van der Waals surface area contributed by atoms with E-state index in [2.05, 4.69) is 22.9 Å². The SMILES string of the molecule is Cc1cnc(N2CCN(C(=O)CN)CC2)c(C)c1. The Hall–Kier alpha value is -1.62. The minimum Gasteiger partial charge on any atom is -0.353 e. The molecule has 1 aliphatic heterocycles. The van der Waals surface area contributed by atoms with Crippen molar-refractivity contribution >= 4 is 11.7 Å². The number of piperazine rings is 1. The average Bonchev–Trinajstić information content (AvgIpc) is 2.38. The maximum absolute atomic E-state index is 11.5. The largest absolute Gasteiger partial charge is 0.353 e. The zero-order valence-corrected chi connectivity index (χ0v) is 11.0. The number of hydrogen-bond donors (Lipinski definition) is 1. The monoisotopic (exact) mass is 248 g/mol. The van der Waals surface area contributed by atoms with Crippen LogP contribution in [0.1, 0.15) is 11.1 Å². The summed E-state index contributed by atoms with van der Waals surface area (Å²) in [6, 6.07) is 2.14. The van der Waals surface area contributed by atoms with Crippen molar-refractivity contribution in [1.82, 2.24) is 9.88 Å². The zero-order chi connectivity index (χ0) is 13.1. The fourth-order valence-corrected chi connectivity index (χ4v) is 2.34. The molecule has 0 spiro atoms. The number of amides is 1. The molecule has 0 bridgehead atoms. The summed E-state index contributed by atoms with van der Waals surface area (Å²) >= 11 is 0. The molecule has 2 rings (SSSR count). The molecular formula is C13H20N4O. The van der Waals surface area contributed by atoms with Gasteiger partial charge in [-0.2, -0.15) is 0 Å². The van der Waals surface area contributed by atoms with E-state index in [9.17, 15) is 4.79 Å². The van der Waals surface area contributed by atoms with E-state index in [0.717, 1.165) is 32.0 Å². The number of nitrogens with two attached hydrogens (primary N) is 1. The van der Waals surface area contributed by atoms with Gasteiger partial charge in [-0.3, -0.25) is 4.79 Å². The maximum Gasteiger partial charge on any atom is 0.236 e. The van der Waals surface area contributed by atoms with Crippen LogP contribution in [-0.4, -0.2) is 48.5 Å². The van der Waals surface area contributed by atoms with Crippen molar-refractivity contribution in [3.63, 3.8) is 0 Å². The Bertz CT molecular complexity index is 439. The second kappa shape index (κ2) is 5.35. The Labute approximate surface area is 108 Å². The summed E-state index contributed by atoms with van der Waals surface area (Å²) in [6.45, 7) is 7.32. The van der Waals surface area contributed by atoms with E-state index in [0.29, 0.717) is 0 Å². The summed E-state index contributed by atoms with van der Waals surface area (Å²) in [7, 11) is 0. The lowest BCUT2D eigenvalue weighted by Crippen LogP contribution is -2.50. The third-order valence-corrected chi connectivity index (χ3v) is 3.29. The summed E-state index contributed by atoms with van der Waals surface area (Å²) in [6.07, 6.45) is 1.89. The topological polar surface area (TPSA) is 62.5 Å². The molecule has 2 heterocycles. The summed E-state index contributed by atoms with van der Waals surface area (Å²) < 4.78 is 0. The quantitative estimate of drug-likeness (QED) is 0.818. The lowest BCUT2D eigenvalue weighted by atomic mass is 10.2. The van der Waals surface area contributed by atoms with Crippen LogP contribution >= 0.6 is 0 Å². The molecule has 0 unspecified atom stereocenters. The lowest BCUT2D eigenvalue weighted by Gasteiger charge is -2.35. The Balaban J connectivity index is 2.03. The first-order chi connectivity index (χ1) is 8.61. The van der Waals surface area contributed by atoms with Gasteiger partial charge in [-0.1, -0.05) is 6.07 Å². The van der Waals surface area contributed by atoms with Crippen LogP contribution in [0.15, 0.2) is 12.3 Å². The number of rotatable bonds is 2. The number of hydrogen-bond acceptors (Lipinski definition) is 4. The molecule has 1 aliphatic rings. The van der Waals surface area contributed by atoms with E-state index < -0.39 is 0 Å². The molecule has 1 aromatic rings. The number of pyridine rings is 1. The van der Waals surface area contributed by atoms with Crippen LogP contribution in [0.25, 0.3) is 0 Å². The smallest absolute Gasteiger partial charge is 0.236 e. The molecule has 0 radical (unpaired) electrons. The van der Waals surface area contributed by atoms with Gasteiger partial charge >= 0.3 is 0 Å². The standard InChI is InChI=1S/C13H20N4O/c1-10-7-11(2)13(15-9-10)17-5-3-16(4-6-17)12(18)8-14/h7,9H,3-6,8,14H2,1-2H3. The first-order valence-corrected chi connectivity index (χ1v) is 6.28. The molecule has 5 nitrogen and oxygen atoms in total. The van der Waals surface area contributed by atoms with E-state index in [1.165, 1.54) is 11.1 Å². The molecule has 1 saturated heterocycles. The van der Waals surface area contributed by atoms with Crippen LogP contribution in [0, 0.1) is 13.8 Å². The van der Waals surface area contributed by atoms with Gasteiger partial charge in [0.1, 0.15) is 5.82 Å². The summed E-state index contributed by atoms with van der Waals surface area (Å²) in [5, 5.41) is 0. The minimum absolute atomic E-state index is 0.0308. The predicted octanol–water partition coefficient (Wildman–Crippen LogP) is 0.306. The third kappa shape index (κ3) is 2.61. The van der Waals surface area contributed by atoms with Gasteiger partial charge in [0.05, 0.1) is 6.54 Å². The Kier molecular flexibility index (Phi) is 3.81. The average molecular weight is 248 g/mol. The lowest BCUT2D eigenvalue weighted by molar-refractivity contribution is -0.129. The summed E-state index contributed by atoms with van der Waals surface area (Å²) in [5.74, 6) is 1.06. The van der Waals surface area contributed by atoms with E-state index in [1.54, 1.807) is 0 Å². The van der Waals surface area contributed by atoms with Gasteiger partial charge in [0, 0.05) is 32.4 Å². The summed E-state index contributed by atoms with van der Waals surface area (Å²) in [4.78, 5) is 20.0. The second-order valence-corrected chi connectivity index (χ2v) is 4.73. The molecule has 1 aromatic heterocycles. The van der Waals surface area contributed by atoms with Crippen LogP contribution in [-0.2, 0) is 4.79 Å². The number of aryl methyl sites for hydroxylation is 2. The number of carbonyl (C=O) groups excluding carboxylic acids is 1. The second-order valence-electron chi connectivity index (χ2n) is 4.73. The molecule has 0 aliphatic carbocycles. The highest BCUT2D eigenvalue weighted by molar-refractivity contribution is 5.78. The molecule has 0 atom stereocenters. The molecule has 5 heteroatoms. The minimum atomic E-state index is 0.0308. The van der Waals surface area contributed by atoms with Crippen molar-refractivity contribution in [3.05, 3.63) is 23.4 Å². The van der Waals surface area contributed by atoms with Crippen LogP contribution in [0.5, 0.6) is 0 Å². The van der Waals surface area contributed by atoms with Crippen molar-refractivity contribution in [2.45, 2.75) is 13.8 Å². The fraction of sp³-hybridized carbons (Fsp3) is 0.538. The van der Waals surface area contributed by atoms with Crippen molar-refractivity contribution < 1.29 is 4.79 Å². The molecule has 1 fully saturated rings. The maximum atomic E-state index is 11.5. The molecular weight excluding hydrogens is 228 g/mol. The first kappa shape index (κ1) is 12.8. The molecule has 0 aromatic carbocycles. The van der Waals surface area contributed by atoms with E-state index in [-0.39, 0.29) is 12.5 Å². The van der Waals surface area contributed by atoms with Gasteiger partial charge in [-0.15, -0.1) is 0 Å². The fourth-order valence-electron chi connectivity index (χ4n) is 2.34. The van der Waals surface area contributed by atoms with Crippen molar-refractivity contribution in [2.24, 2.45) is 5.73 Å². The Morgan fingerprint density at radius 3 is 2.56 bits per heavy atom. The Morgan fingerprint density at radius 1 is 1.33 bits per heavy atom. The summed E-state index contributed by atoms with van der Waals surface area (Å²) in [5.41, 5.74) is 7.74. The van der Waals surface area contributed by atoms with Crippen molar-refractivity contribution in [1.29, 1.82) is 0 Å². The van der Waals surface area contributed by atoms with Crippen LogP contribution in [0.4, 0.5) is 5.82 Å². The highest BCUT2D eigenvalue weighted by Crippen LogP contribution is 2.19. The predicted molar refractivity (Wildman–Crippen MR) is 71.6 cm³/mol. The first-order valence-electron chi connectivity index (χ1n) is 6.28. The van der Waals surface area contributed by atoms with Gasteiger partial charge in [0.2, 0.25) is 5.91 Å². The van der Waals surface area contributed by atoms with Crippen molar-refractivity contribution in [2.75, 3.05) is 37.6 Å². The molecule has 2 N–H and O–H groups in total. The van der Waals surface area contributed by atoms with Gasteiger partial charge in [0.15, 0.2) is 0 Å². The number of aromatic nitrogens is 1.